The van der Waals surface area contributed by atoms with Gasteiger partial charge < -0.3 is 9.73 Å². The Hall–Kier alpha value is -3.67. The van der Waals surface area contributed by atoms with E-state index in [1.807, 2.05) is 66.7 Å². The second kappa shape index (κ2) is 6.00. The summed E-state index contributed by atoms with van der Waals surface area (Å²) in [6, 6.07) is 22.0. The first-order chi connectivity index (χ1) is 12.9. The van der Waals surface area contributed by atoms with E-state index in [-0.39, 0.29) is 0 Å². The van der Waals surface area contributed by atoms with Gasteiger partial charge in [0.25, 0.3) is 5.78 Å². The van der Waals surface area contributed by atoms with Gasteiger partial charge in [-0.1, -0.05) is 48.5 Å². The van der Waals surface area contributed by atoms with E-state index in [2.05, 4.69) is 20.4 Å². The molecule has 0 saturated heterocycles. The molecule has 3 aromatic heterocycles. The lowest BCUT2D eigenvalue weighted by Crippen LogP contribution is -2.06. The molecule has 0 bridgehead atoms. The molecule has 0 fully saturated rings. The fraction of sp³-hybridized carbons (Fsp3) is 0.0500. The Morgan fingerprint density at radius 3 is 2.69 bits per heavy atom. The molecule has 0 saturated carbocycles. The molecule has 126 valence electrons. The van der Waals surface area contributed by atoms with Gasteiger partial charge in [0.05, 0.1) is 12.2 Å². The summed E-state index contributed by atoms with van der Waals surface area (Å²) in [5.74, 6) is 2.22. The first-order valence-corrected chi connectivity index (χ1v) is 8.34. The summed E-state index contributed by atoms with van der Waals surface area (Å²) in [5.41, 5.74) is 2.76. The predicted octanol–water partition coefficient (Wildman–Crippen LogP) is 4.15. The molecule has 6 nitrogen and oxygen atoms in total. The average Bonchev–Trinajstić information content (AvgIpc) is 3.33. The number of hydrogen-bond acceptors (Lipinski definition) is 5. The van der Waals surface area contributed by atoms with Gasteiger partial charge in [-0.15, -0.1) is 0 Å². The highest BCUT2D eigenvalue weighted by atomic mass is 16.3. The monoisotopic (exact) mass is 341 g/mol. The van der Waals surface area contributed by atoms with Gasteiger partial charge in [-0.3, -0.25) is 0 Å². The molecule has 0 atom stereocenters. The zero-order chi connectivity index (χ0) is 17.3. The average molecular weight is 341 g/mol. The van der Waals surface area contributed by atoms with E-state index in [9.17, 15) is 0 Å². The van der Waals surface area contributed by atoms with E-state index in [0.29, 0.717) is 12.3 Å². The summed E-state index contributed by atoms with van der Waals surface area (Å²) in [6.45, 7) is 0.544. The molecule has 0 aliphatic heterocycles. The van der Waals surface area contributed by atoms with Crippen molar-refractivity contribution in [1.29, 1.82) is 0 Å². The number of rotatable bonds is 4. The normalized spacial score (nSPS) is 11.2. The zero-order valence-corrected chi connectivity index (χ0v) is 13.8. The van der Waals surface area contributed by atoms with E-state index >= 15 is 0 Å². The topological polar surface area (TPSA) is 68.2 Å². The maximum absolute atomic E-state index is 5.87. The van der Waals surface area contributed by atoms with Crippen molar-refractivity contribution >= 4 is 22.6 Å². The van der Waals surface area contributed by atoms with Crippen LogP contribution < -0.4 is 5.32 Å². The van der Waals surface area contributed by atoms with E-state index < -0.39 is 0 Å². The molecule has 2 aromatic carbocycles. The van der Waals surface area contributed by atoms with E-state index in [4.69, 9.17) is 4.42 Å². The molecule has 0 unspecified atom stereocenters. The molecule has 6 heteroatoms. The second-order valence-electron chi connectivity index (χ2n) is 5.97. The fourth-order valence-corrected chi connectivity index (χ4v) is 3.00. The summed E-state index contributed by atoms with van der Waals surface area (Å²) >= 11 is 0. The smallest absolute Gasteiger partial charge is 0.254 e. The first kappa shape index (κ1) is 14.7. The Kier molecular flexibility index (Phi) is 3.38. The number of furan rings is 1. The van der Waals surface area contributed by atoms with Crippen molar-refractivity contribution in [3.05, 3.63) is 78.8 Å². The number of anilines is 1. The van der Waals surface area contributed by atoms with Crippen molar-refractivity contribution in [2.45, 2.75) is 6.54 Å². The highest BCUT2D eigenvalue weighted by Gasteiger charge is 2.10. The highest BCUT2D eigenvalue weighted by molar-refractivity contribution is 5.77. The third-order valence-electron chi connectivity index (χ3n) is 4.24. The maximum Gasteiger partial charge on any atom is 0.254 e. The summed E-state index contributed by atoms with van der Waals surface area (Å²) in [6.07, 6.45) is 1.50. The lowest BCUT2D eigenvalue weighted by Gasteiger charge is -2.09. The van der Waals surface area contributed by atoms with Crippen molar-refractivity contribution in [3.63, 3.8) is 0 Å². The van der Waals surface area contributed by atoms with Gasteiger partial charge in [0, 0.05) is 17.0 Å². The SMILES string of the molecule is c1ccc(-c2cc(NCc3cc4ccccc4o3)n3ncnc3n2)cc1. The number of para-hydroxylation sites is 1. The van der Waals surface area contributed by atoms with Crippen LogP contribution in [0, 0.1) is 0 Å². The molecule has 3 heterocycles. The summed E-state index contributed by atoms with van der Waals surface area (Å²) in [7, 11) is 0. The number of hydrogen-bond donors (Lipinski definition) is 1. The molecule has 26 heavy (non-hydrogen) atoms. The second-order valence-corrected chi connectivity index (χ2v) is 5.97. The number of fused-ring (bicyclic) bond motifs is 2. The number of nitrogens with zero attached hydrogens (tertiary/aromatic N) is 4. The standard InChI is InChI=1S/C20H15N5O/c1-2-6-14(7-3-1)17-11-19(25-20(24-17)22-13-23-25)21-12-16-10-15-8-4-5-9-18(15)26-16/h1-11,13,21H,12H2. The molecule has 5 aromatic rings. The lowest BCUT2D eigenvalue weighted by atomic mass is 10.1. The van der Waals surface area contributed by atoms with Gasteiger partial charge in [-0.25, -0.2) is 4.98 Å². The quantitative estimate of drug-likeness (QED) is 0.532. The third kappa shape index (κ3) is 2.57. The van der Waals surface area contributed by atoms with Gasteiger partial charge >= 0.3 is 0 Å². The highest BCUT2D eigenvalue weighted by Crippen LogP contribution is 2.23. The molecular formula is C20H15N5O. The third-order valence-corrected chi connectivity index (χ3v) is 4.24. The fourth-order valence-electron chi connectivity index (χ4n) is 3.00. The molecule has 0 spiro atoms. The Balaban J connectivity index is 1.50. The molecule has 5 rings (SSSR count). The van der Waals surface area contributed by atoms with E-state index in [0.717, 1.165) is 33.8 Å². The van der Waals surface area contributed by atoms with Crippen LogP contribution >= 0.6 is 0 Å². The first-order valence-electron chi connectivity index (χ1n) is 8.34. The molecule has 0 amide bonds. The maximum atomic E-state index is 5.87. The molecule has 0 radical (unpaired) electrons. The van der Waals surface area contributed by atoms with Gasteiger partial charge in [0.15, 0.2) is 0 Å². The van der Waals surface area contributed by atoms with E-state index in [1.54, 1.807) is 4.52 Å². The summed E-state index contributed by atoms with van der Waals surface area (Å²) < 4.78 is 7.56. The molecule has 0 aliphatic carbocycles. The van der Waals surface area contributed by atoms with Crippen LogP contribution in [0.1, 0.15) is 5.76 Å². The van der Waals surface area contributed by atoms with Gasteiger partial charge in [0.2, 0.25) is 0 Å². The minimum Gasteiger partial charge on any atom is -0.459 e. The van der Waals surface area contributed by atoms with E-state index in [1.165, 1.54) is 6.33 Å². The van der Waals surface area contributed by atoms with Gasteiger partial charge in [-0.05, 0) is 12.1 Å². The minimum atomic E-state index is 0.544. The molecule has 0 aliphatic rings. The van der Waals surface area contributed by atoms with Crippen LogP contribution in [0.5, 0.6) is 0 Å². The lowest BCUT2D eigenvalue weighted by molar-refractivity contribution is 0.558. The Bertz CT molecular complexity index is 1160. The number of benzene rings is 2. The number of nitrogens with one attached hydrogen (secondary N) is 1. The van der Waals surface area contributed by atoms with Crippen LogP contribution in [0.4, 0.5) is 5.82 Å². The Morgan fingerprint density at radius 2 is 1.81 bits per heavy atom. The molecular weight excluding hydrogens is 326 g/mol. The Morgan fingerprint density at radius 1 is 0.962 bits per heavy atom. The zero-order valence-electron chi connectivity index (χ0n) is 13.8. The van der Waals surface area contributed by atoms with Gasteiger partial charge in [-0.2, -0.15) is 14.6 Å². The summed E-state index contributed by atoms with van der Waals surface area (Å²) in [4.78, 5) is 8.81. The van der Waals surface area contributed by atoms with Crippen LogP contribution in [-0.4, -0.2) is 19.6 Å². The van der Waals surface area contributed by atoms with Crippen molar-refractivity contribution in [2.75, 3.05) is 5.32 Å². The minimum absolute atomic E-state index is 0.544. The van der Waals surface area contributed by atoms with Crippen molar-refractivity contribution < 1.29 is 4.42 Å². The predicted molar refractivity (Wildman–Crippen MR) is 99.8 cm³/mol. The van der Waals surface area contributed by atoms with Crippen LogP contribution in [0.2, 0.25) is 0 Å². The van der Waals surface area contributed by atoms with Crippen molar-refractivity contribution in [3.8, 4) is 11.3 Å². The van der Waals surface area contributed by atoms with Crippen LogP contribution in [0.3, 0.4) is 0 Å². The van der Waals surface area contributed by atoms with Gasteiger partial charge in [0.1, 0.15) is 23.5 Å². The van der Waals surface area contributed by atoms with Crippen LogP contribution in [0.25, 0.3) is 28.0 Å². The van der Waals surface area contributed by atoms with Crippen LogP contribution in [0.15, 0.2) is 77.5 Å². The summed E-state index contributed by atoms with van der Waals surface area (Å²) in [5, 5.41) is 8.74. The largest absolute Gasteiger partial charge is 0.459 e. The van der Waals surface area contributed by atoms with Crippen molar-refractivity contribution in [2.24, 2.45) is 0 Å². The Labute approximate surface area is 149 Å². The number of aromatic nitrogens is 4. The van der Waals surface area contributed by atoms with Crippen molar-refractivity contribution in [1.82, 2.24) is 19.6 Å². The van der Waals surface area contributed by atoms with Crippen LogP contribution in [-0.2, 0) is 6.54 Å². The molecule has 1 N–H and O–H groups in total.